The molecule has 1 aliphatic heterocycles. The average Bonchev–Trinajstić information content (AvgIpc) is 3.32. The molecule has 10 nitrogen and oxygen atoms in total. The van der Waals surface area contributed by atoms with E-state index in [1.807, 2.05) is 29.2 Å². The van der Waals surface area contributed by atoms with Gasteiger partial charge >= 0.3 is 5.69 Å². The summed E-state index contributed by atoms with van der Waals surface area (Å²) >= 11 is 0. The number of H-pyrrole nitrogens is 1. The van der Waals surface area contributed by atoms with Gasteiger partial charge in [-0.05, 0) is 36.6 Å². The predicted octanol–water partition coefficient (Wildman–Crippen LogP) is 1.39. The maximum absolute atomic E-state index is 13.1. The number of likely N-dealkylation sites (tertiary alicyclic amines) is 1. The number of carbonyl (C=O) groups excluding carboxylic acids is 1. The molecule has 0 saturated carbocycles. The van der Waals surface area contributed by atoms with Crippen molar-refractivity contribution in [2.24, 2.45) is 5.73 Å². The van der Waals surface area contributed by atoms with Crippen molar-refractivity contribution in [3.63, 3.8) is 0 Å². The van der Waals surface area contributed by atoms with Gasteiger partial charge < -0.3 is 5.73 Å². The summed E-state index contributed by atoms with van der Waals surface area (Å²) in [5, 5.41) is 0.316. The molecule has 35 heavy (non-hydrogen) atoms. The zero-order valence-electron chi connectivity index (χ0n) is 18.9. The minimum Gasteiger partial charge on any atom is -0.369 e. The highest BCUT2D eigenvalue weighted by Gasteiger charge is 2.25. The molecular formula is C25H23N7O3. The summed E-state index contributed by atoms with van der Waals surface area (Å²) in [6.45, 7) is 1.43. The molecule has 3 N–H and O–H groups in total. The second-order valence-corrected chi connectivity index (χ2v) is 9.05. The standard InChI is InChI=1S/C25H23N7O3/c26-21(33)13-31-8-6-16(7-9-31)32-23-17(24(34)30-25(32)35)12-28-20-5-4-19(29-22(20)23)15-10-14-2-1-3-18(14)27-11-15/h1-2,4-5,10-12,16H,3,6-9,13H2,(H2,26,33)(H,30,34,35). The first-order chi connectivity index (χ1) is 17.0. The van der Waals surface area contributed by atoms with Gasteiger partial charge in [-0.2, -0.15) is 0 Å². The average molecular weight is 470 g/mol. The molecule has 176 valence electrons. The molecule has 0 aromatic carbocycles. The van der Waals surface area contributed by atoms with Crippen LogP contribution in [-0.2, 0) is 11.2 Å². The van der Waals surface area contributed by atoms with Crippen molar-refractivity contribution < 1.29 is 4.79 Å². The number of hydrogen-bond acceptors (Lipinski definition) is 7. The highest BCUT2D eigenvalue weighted by molar-refractivity contribution is 6.01. The van der Waals surface area contributed by atoms with Crippen LogP contribution in [0.3, 0.4) is 0 Å². The molecule has 0 atom stereocenters. The summed E-state index contributed by atoms with van der Waals surface area (Å²) < 4.78 is 1.64. The van der Waals surface area contributed by atoms with E-state index in [0.717, 1.165) is 23.2 Å². The third-order valence-corrected chi connectivity index (χ3v) is 6.82. The monoisotopic (exact) mass is 469 g/mol. The topological polar surface area (TPSA) is 140 Å². The van der Waals surface area contributed by atoms with Gasteiger partial charge in [-0.15, -0.1) is 0 Å². The lowest BCUT2D eigenvalue weighted by atomic mass is 10.0. The van der Waals surface area contributed by atoms with Gasteiger partial charge in [0.05, 0.1) is 34.4 Å². The first-order valence-electron chi connectivity index (χ1n) is 11.6. The minimum atomic E-state index is -0.488. The molecule has 4 aromatic heterocycles. The normalized spacial score (nSPS) is 16.2. The minimum absolute atomic E-state index is 0.158. The van der Waals surface area contributed by atoms with Crippen LogP contribution in [0, 0.1) is 0 Å². The van der Waals surface area contributed by atoms with Gasteiger partial charge in [0.25, 0.3) is 5.56 Å². The SMILES string of the molecule is NC(=O)CN1CCC(n2c(=O)[nH]c(=O)c3cnc4ccc(-c5cnc6c(c5)C=CC6)nc4c32)CC1. The fourth-order valence-corrected chi connectivity index (χ4v) is 5.12. The van der Waals surface area contributed by atoms with Gasteiger partial charge in [0.2, 0.25) is 5.91 Å². The van der Waals surface area contributed by atoms with Gasteiger partial charge in [0.15, 0.2) is 0 Å². The van der Waals surface area contributed by atoms with Crippen LogP contribution in [0.15, 0.2) is 46.3 Å². The number of piperidine rings is 1. The molecule has 1 amide bonds. The van der Waals surface area contributed by atoms with Gasteiger partial charge in [-0.25, -0.2) is 9.78 Å². The van der Waals surface area contributed by atoms with Crippen molar-refractivity contribution in [3.8, 4) is 11.3 Å². The Bertz CT molecular complexity index is 1650. The molecule has 10 heteroatoms. The van der Waals surface area contributed by atoms with Crippen LogP contribution in [-0.4, -0.2) is 54.9 Å². The Hall–Kier alpha value is -4.18. The highest BCUT2D eigenvalue weighted by Crippen LogP contribution is 2.29. The zero-order valence-corrected chi connectivity index (χ0v) is 18.9. The van der Waals surface area contributed by atoms with E-state index in [2.05, 4.69) is 21.0 Å². The summed E-state index contributed by atoms with van der Waals surface area (Å²) in [6, 6.07) is 5.62. The number of hydrogen-bond donors (Lipinski definition) is 2. The summed E-state index contributed by atoms with van der Waals surface area (Å²) in [4.78, 5) is 55.4. The summed E-state index contributed by atoms with van der Waals surface area (Å²) in [7, 11) is 0. The number of pyridine rings is 3. The van der Waals surface area contributed by atoms with E-state index in [1.54, 1.807) is 10.8 Å². The van der Waals surface area contributed by atoms with E-state index in [-0.39, 0.29) is 18.5 Å². The quantitative estimate of drug-likeness (QED) is 0.430. The number of allylic oxidation sites excluding steroid dienone is 1. The molecule has 0 bridgehead atoms. The van der Waals surface area contributed by atoms with Crippen LogP contribution in [0.1, 0.15) is 30.1 Å². The molecule has 1 fully saturated rings. The van der Waals surface area contributed by atoms with Crippen molar-refractivity contribution in [2.75, 3.05) is 19.6 Å². The van der Waals surface area contributed by atoms with E-state index in [9.17, 15) is 14.4 Å². The van der Waals surface area contributed by atoms with Crippen LogP contribution < -0.4 is 17.0 Å². The number of amides is 1. The number of aromatic nitrogens is 5. The van der Waals surface area contributed by atoms with Crippen molar-refractivity contribution in [2.45, 2.75) is 25.3 Å². The lowest BCUT2D eigenvalue weighted by Crippen LogP contribution is -2.42. The van der Waals surface area contributed by atoms with E-state index in [1.165, 1.54) is 6.20 Å². The second-order valence-electron chi connectivity index (χ2n) is 9.05. The van der Waals surface area contributed by atoms with Crippen LogP contribution in [0.2, 0.25) is 0 Å². The Morgan fingerprint density at radius 3 is 2.77 bits per heavy atom. The van der Waals surface area contributed by atoms with Crippen LogP contribution in [0.5, 0.6) is 0 Å². The van der Waals surface area contributed by atoms with E-state index in [0.29, 0.717) is 53.6 Å². The van der Waals surface area contributed by atoms with Crippen molar-refractivity contribution >= 4 is 33.9 Å². The molecule has 0 spiro atoms. The maximum atomic E-state index is 13.1. The molecular weight excluding hydrogens is 446 g/mol. The Labute approximate surface area is 199 Å². The van der Waals surface area contributed by atoms with Crippen LogP contribution in [0.25, 0.3) is 39.3 Å². The number of primary amides is 1. The Morgan fingerprint density at radius 1 is 1.14 bits per heavy atom. The number of nitrogens with zero attached hydrogens (tertiary/aromatic N) is 5. The third kappa shape index (κ3) is 3.71. The number of rotatable bonds is 4. The Kier molecular flexibility index (Phi) is 5.03. The third-order valence-electron chi connectivity index (χ3n) is 6.82. The van der Waals surface area contributed by atoms with E-state index in [4.69, 9.17) is 10.7 Å². The highest BCUT2D eigenvalue weighted by atomic mass is 16.2. The fourth-order valence-electron chi connectivity index (χ4n) is 5.12. The van der Waals surface area contributed by atoms with Gasteiger partial charge in [-0.1, -0.05) is 12.2 Å². The van der Waals surface area contributed by atoms with Gasteiger partial charge in [-0.3, -0.25) is 34.0 Å². The molecule has 0 radical (unpaired) electrons. The second kappa shape index (κ2) is 8.24. The molecule has 4 aromatic rings. The van der Waals surface area contributed by atoms with Gasteiger partial charge in [0, 0.05) is 43.5 Å². The number of nitrogens with one attached hydrogen (secondary N) is 1. The van der Waals surface area contributed by atoms with Gasteiger partial charge in [0.1, 0.15) is 5.52 Å². The smallest absolute Gasteiger partial charge is 0.329 e. The van der Waals surface area contributed by atoms with E-state index >= 15 is 0 Å². The first-order valence-corrected chi connectivity index (χ1v) is 11.6. The van der Waals surface area contributed by atoms with Crippen molar-refractivity contribution in [3.05, 3.63) is 68.8 Å². The maximum Gasteiger partial charge on any atom is 0.329 e. The van der Waals surface area contributed by atoms with Crippen molar-refractivity contribution in [1.29, 1.82) is 0 Å². The Morgan fingerprint density at radius 2 is 1.97 bits per heavy atom. The van der Waals surface area contributed by atoms with Crippen LogP contribution >= 0.6 is 0 Å². The number of carbonyl (C=O) groups is 1. The molecule has 1 aliphatic carbocycles. The first kappa shape index (κ1) is 21.4. The number of aromatic amines is 1. The molecule has 6 rings (SSSR count). The van der Waals surface area contributed by atoms with Crippen LogP contribution in [0.4, 0.5) is 0 Å². The zero-order chi connectivity index (χ0) is 24.1. The summed E-state index contributed by atoms with van der Waals surface area (Å²) in [6.07, 6.45) is 9.52. The van der Waals surface area contributed by atoms with Crippen molar-refractivity contribution in [1.82, 2.24) is 29.4 Å². The van der Waals surface area contributed by atoms with E-state index < -0.39 is 11.2 Å². The summed E-state index contributed by atoms with van der Waals surface area (Å²) in [5.41, 5.74) is 9.60. The number of nitrogens with two attached hydrogens (primary N) is 1. The summed E-state index contributed by atoms with van der Waals surface area (Å²) in [5.74, 6) is -0.375. The predicted molar refractivity (Wildman–Crippen MR) is 132 cm³/mol. The lowest BCUT2D eigenvalue weighted by Gasteiger charge is -2.32. The number of fused-ring (bicyclic) bond motifs is 4. The fraction of sp³-hybridized carbons (Fsp3) is 0.280. The lowest BCUT2D eigenvalue weighted by molar-refractivity contribution is -0.119. The Balaban J connectivity index is 1.51. The molecule has 5 heterocycles. The molecule has 0 unspecified atom stereocenters. The molecule has 2 aliphatic rings. The molecule has 1 saturated heterocycles. The largest absolute Gasteiger partial charge is 0.369 e.